The molecular formula is C13H11FN2OS. The standard InChI is InChI=1S/C13H11FN2OS/c1-9-5-6-18-12(9)8-15-16-13(17)10-3-2-4-11(14)7-10/h2-8H,1H3,(H,16,17). The van der Waals surface area contributed by atoms with Gasteiger partial charge in [-0.1, -0.05) is 6.07 Å². The third kappa shape index (κ3) is 3.01. The number of aryl methyl sites for hydroxylation is 1. The second-order valence-corrected chi connectivity index (χ2v) is 4.63. The number of hydrogen-bond donors (Lipinski definition) is 1. The van der Waals surface area contributed by atoms with Crippen LogP contribution in [-0.4, -0.2) is 12.1 Å². The zero-order valence-electron chi connectivity index (χ0n) is 9.68. The summed E-state index contributed by atoms with van der Waals surface area (Å²) in [6.07, 6.45) is 1.58. The number of carbonyl (C=O) groups is 1. The van der Waals surface area contributed by atoms with Crippen molar-refractivity contribution >= 4 is 23.5 Å². The number of hydrazone groups is 1. The molecule has 3 nitrogen and oxygen atoms in total. The summed E-state index contributed by atoms with van der Waals surface area (Å²) in [6.45, 7) is 1.96. The van der Waals surface area contributed by atoms with E-state index < -0.39 is 11.7 Å². The number of hydrogen-bond acceptors (Lipinski definition) is 3. The van der Waals surface area contributed by atoms with E-state index in [1.54, 1.807) is 6.21 Å². The summed E-state index contributed by atoms with van der Waals surface area (Å²) in [5.74, 6) is -0.874. The SMILES string of the molecule is Cc1ccsc1C=NNC(=O)c1cccc(F)c1. The maximum absolute atomic E-state index is 12.9. The normalized spacial score (nSPS) is 10.8. The van der Waals surface area contributed by atoms with E-state index in [9.17, 15) is 9.18 Å². The molecule has 0 radical (unpaired) electrons. The molecule has 0 unspecified atom stereocenters. The Morgan fingerprint density at radius 1 is 1.44 bits per heavy atom. The summed E-state index contributed by atoms with van der Waals surface area (Å²) in [4.78, 5) is 12.6. The number of benzene rings is 1. The highest BCUT2D eigenvalue weighted by Crippen LogP contribution is 2.12. The molecule has 0 atom stereocenters. The van der Waals surface area contributed by atoms with Crippen molar-refractivity contribution in [3.63, 3.8) is 0 Å². The van der Waals surface area contributed by atoms with Crippen LogP contribution >= 0.6 is 11.3 Å². The molecular weight excluding hydrogens is 251 g/mol. The molecule has 92 valence electrons. The zero-order chi connectivity index (χ0) is 13.0. The fraction of sp³-hybridized carbons (Fsp3) is 0.0769. The van der Waals surface area contributed by atoms with E-state index in [0.717, 1.165) is 10.4 Å². The summed E-state index contributed by atoms with van der Waals surface area (Å²) in [5, 5.41) is 5.79. The van der Waals surface area contributed by atoms with Gasteiger partial charge in [-0.3, -0.25) is 4.79 Å². The highest BCUT2D eigenvalue weighted by molar-refractivity contribution is 7.11. The Morgan fingerprint density at radius 3 is 2.94 bits per heavy atom. The lowest BCUT2D eigenvalue weighted by Gasteiger charge is -1.99. The predicted octanol–water partition coefficient (Wildman–Crippen LogP) is 2.96. The van der Waals surface area contributed by atoms with Gasteiger partial charge in [-0.15, -0.1) is 11.3 Å². The minimum Gasteiger partial charge on any atom is -0.267 e. The molecule has 0 bridgehead atoms. The van der Waals surface area contributed by atoms with E-state index in [0.29, 0.717) is 0 Å². The number of rotatable bonds is 3. The third-order valence-corrected chi connectivity index (χ3v) is 3.29. The maximum Gasteiger partial charge on any atom is 0.271 e. The van der Waals surface area contributed by atoms with Gasteiger partial charge in [0, 0.05) is 10.4 Å². The fourth-order valence-electron chi connectivity index (χ4n) is 1.36. The molecule has 2 aromatic rings. The molecule has 0 aliphatic rings. The molecule has 1 aromatic heterocycles. The van der Waals surface area contributed by atoms with Crippen molar-refractivity contribution < 1.29 is 9.18 Å². The zero-order valence-corrected chi connectivity index (χ0v) is 10.5. The molecule has 0 saturated heterocycles. The van der Waals surface area contributed by atoms with Crippen LogP contribution in [0.4, 0.5) is 4.39 Å². The first kappa shape index (κ1) is 12.4. The summed E-state index contributed by atoms with van der Waals surface area (Å²) in [6, 6.07) is 7.44. The van der Waals surface area contributed by atoms with Gasteiger partial charge < -0.3 is 0 Å². The summed E-state index contributed by atoms with van der Waals surface area (Å²) in [5.41, 5.74) is 3.71. The van der Waals surface area contributed by atoms with Crippen molar-refractivity contribution in [3.8, 4) is 0 Å². The van der Waals surface area contributed by atoms with Gasteiger partial charge in [-0.25, -0.2) is 9.82 Å². The van der Waals surface area contributed by atoms with Crippen molar-refractivity contribution in [2.45, 2.75) is 6.92 Å². The Hall–Kier alpha value is -2.01. The number of nitrogens with zero attached hydrogens (tertiary/aromatic N) is 1. The molecule has 1 heterocycles. The third-order valence-electron chi connectivity index (χ3n) is 2.34. The van der Waals surface area contributed by atoms with Gasteiger partial charge in [-0.05, 0) is 42.1 Å². The average molecular weight is 262 g/mol. The van der Waals surface area contributed by atoms with Crippen molar-refractivity contribution in [2.24, 2.45) is 5.10 Å². The van der Waals surface area contributed by atoms with Crippen LogP contribution in [0.25, 0.3) is 0 Å². The quantitative estimate of drug-likeness (QED) is 0.670. The van der Waals surface area contributed by atoms with Gasteiger partial charge in [0.1, 0.15) is 5.82 Å². The Kier molecular flexibility index (Phi) is 3.84. The number of carbonyl (C=O) groups excluding carboxylic acids is 1. The monoisotopic (exact) mass is 262 g/mol. The Bertz CT molecular complexity index is 592. The van der Waals surface area contributed by atoms with Crippen molar-refractivity contribution in [1.29, 1.82) is 0 Å². The van der Waals surface area contributed by atoms with E-state index in [-0.39, 0.29) is 5.56 Å². The highest BCUT2D eigenvalue weighted by Gasteiger charge is 2.04. The number of amides is 1. The van der Waals surface area contributed by atoms with Crippen molar-refractivity contribution in [2.75, 3.05) is 0 Å². The Balaban J connectivity index is 2.01. The van der Waals surface area contributed by atoms with Gasteiger partial charge in [0.15, 0.2) is 0 Å². The van der Waals surface area contributed by atoms with E-state index in [4.69, 9.17) is 0 Å². The second kappa shape index (κ2) is 5.55. The smallest absolute Gasteiger partial charge is 0.267 e. The minimum absolute atomic E-state index is 0.245. The van der Waals surface area contributed by atoms with Crippen molar-refractivity contribution in [1.82, 2.24) is 5.43 Å². The van der Waals surface area contributed by atoms with Gasteiger partial charge in [0.2, 0.25) is 0 Å². The molecule has 1 aromatic carbocycles. The van der Waals surface area contributed by atoms with E-state index in [1.807, 2.05) is 18.4 Å². The van der Waals surface area contributed by atoms with E-state index in [1.165, 1.54) is 35.6 Å². The topological polar surface area (TPSA) is 41.5 Å². The lowest BCUT2D eigenvalue weighted by Crippen LogP contribution is -2.17. The van der Waals surface area contributed by atoms with Crippen LogP contribution < -0.4 is 5.43 Å². The summed E-state index contributed by atoms with van der Waals surface area (Å²) < 4.78 is 12.9. The van der Waals surface area contributed by atoms with Gasteiger partial charge in [0.05, 0.1) is 6.21 Å². The molecule has 1 amide bonds. The number of halogens is 1. The molecule has 1 N–H and O–H groups in total. The van der Waals surface area contributed by atoms with Crippen LogP contribution in [0, 0.1) is 12.7 Å². The number of thiophene rings is 1. The van der Waals surface area contributed by atoms with Crippen LogP contribution in [0.3, 0.4) is 0 Å². The summed E-state index contributed by atoms with van der Waals surface area (Å²) in [7, 11) is 0. The molecule has 0 spiro atoms. The average Bonchev–Trinajstić information content (AvgIpc) is 2.75. The molecule has 0 fully saturated rings. The van der Waals surface area contributed by atoms with Gasteiger partial charge in [0.25, 0.3) is 5.91 Å². The van der Waals surface area contributed by atoms with Gasteiger partial charge in [-0.2, -0.15) is 5.10 Å². The minimum atomic E-state index is -0.444. The molecule has 2 rings (SSSR count). The van der Waals surface area contributed by atoms with Crippen LogP contribution in [0.1, 0.15) is 20.8 Å². The van der Waals surface area contributed by atoms with Crippen LogP contribution in [0.5, 0.6) is 0 Å². The molecule has 0 aliphatic heterocycles. The van der Waals surface area contributed by atoms with Crippen LogP contribution in [0.2, 0.25) is 0 Å². The maximum atomic E-state index is 12.9. The lowest BCUT2D eigenvalue weighted by atomic mass is 10.2. The van der Waals surface area contributed by atoms with E-state index in [2.05, 4.69) is 10.5 Å². The Morgan fingerprint density at radius 2 is 2.28 bits per heavy atom. The molecule has 5 heteroatoms. The lowest BCUT2D eigenvalue weighted by molar-refractivity contribution is 0.0954. The largest absolute Gasteiger partial charge is 0.271 e. The molecule has 18 heavy (non-hydrogen) atoms. The number of nitrogens with one attached hydrogen (secondary N) is 1. The molecule has 0 aliphatic carbocycles. The van der Waals surface area contributed by atoms with Crippen LogP contribution in [-0.2, 0) is 0 Å². The second-order valence-electron chi connectivity index (χ2n) is 3.68. The highest BCUT2D eigenvalue weighted by atomic mass is 32.1. The van der Waals surface area contributed by atoms with E-state index >= 15 is 0 Å². The Labute approximate surface area is 108 Å². The first-order chi connectivity index (χ1) is 8.66. The van der Waals surface area contributed by atoms with Gasteiger partial charge >= 0.3 is 0 Å². The summed E-state index contributed by atoms with van der Waals surface area (Å²) >= 11 is 1.54. The first-order valence-corrected chi connectivity index (χ1v) is 6.18. The van der Waals surface area contributed by atoms with Crippen molar-refractivity contribution in [3.05, 3.63) is 57.5 Å². The predicted molar refractivity (Wildman–Crippen MR) is 70.5 cm³/mol. The fourth-order valence-corrected chi connectivity index (χ4v) is 2.15. The molecule has 0 saturated carbocycles. The van der Waals surface area contributed by atoms with Crippen LogP contribution in [0.15, 0.2) is 40.8 Å². The first-order valence-electron chi connectivity index (χ1n) is 5.30.